The van der Waals surface area contributed by atoms with E-state index < -0.39 is 9.84 Å². The van der Waals surface area contributed by atoms with Gasteiger partial charge in [0.05, 0.1) is 5.75 Å². The van der Waals surface area contributed by atoms with Crippen molar-refractivity contribution in [2.24, 2.45) is 11.8 Å². The summed E-state index contributed by atoms with van der Waals surface area (Å²) in [6.45, 7) is 5.19. The molecule has 0 aromatic carbocycles. The molecule has 0 saturated heterocycles. The van der Waals surface area contributed by atoms with Gasteiger partial charge >= 0.3 is 0 Å². The standard InChI is InChI=1S/C11H23NO2S/c1-9-4-5-11(8-10(9)2)12-6-7-15(3,13)14/h9-12H,4-8H2,1-3H3. The van der Waals surface area contributed by atoms with Crippen LogP contribution in [0, 0.1) is 11.8 Å². The number of sulfone groups is 1. The number of nitrogens with one attached hydrogen (secondary N) is 1. The van der Waals surface area contributed by atoms with Crippen LogP contribution in [0.5, 0.6) is 0 Å². The molecule has 1 saturated carbocycles. The Kier molecular flexibility index (Phi) is 4.59. The van der Waals surface area contributed by atoms with Crippen LogP contribution < -0.4 is 5.32 Å². The van der Waals surface area contributed by atoms with Gasteiger partial charge in [-0.3, -0.25) is 0 Å². The summed E-state index contributed by atoms with van der Waals surface area (Å²) in [7, 11) is -2.81. The Hall–Kier alpha value is -0.0900. The maximum absolute atomic E-state index is 10.9. The number of rotatable bonds is 4. The molecule has 1 aliphatic rings. The molecule has 90 valence electrons. The molecule has 0 bridgehead atoms. The predicted molar refractivity (Wildman–Crippen MR) is 63.7 cm³/mol. The van der Waals surface area contributed by atoms with E-state index in [9.17, 15) is 8.42 Å². The van der Waals surface area contributed by atoms with Crippen LogP contribution in [-0.2, 0) is 9.84 Å². The van der Waals surface area contributed by atoms with Gasteiger partial charge in [-0.2, -0.15) is 0 Å². The van der Waals surface area contributed by atoms with E-state index in [4.69, 9.17) is 0 Å². The van der Waals surface area contributed by atoms with Crippen molar-refractivity contribution in [3.05, 3.63) is 0 Å². The molecular weight excluding hydrogens is 210 g/mol. The normalized spacial score (nSPS) is 32.9. The van der Waals surface area contributed by atoms with E-state index in [1.165, 1.54) is 25.5 Å². The fourth-order valence-electron chi connectivity index (χ4n) is 2.18. The number of hydrogen-bond acceptors (Lipinski definition) is 3. The van der Waals surface area contributed by atoms with Crippen molar-refractivity contribution >= 4 is 9.84 Å². The minimum absolute atomic E-state index is 0.257. The van der Waals surface area contributed by atoms with Crippen molar-refractivity contribution < 1.29 is 8.42 Å². The molecule has 0 spiro atoms. The highest BCUT2D eigenvalue weighted by Gasteiger charge is 2.23. The van der Waals surface area contributed by atoms with Crippen LogP contribution >= 0.6 is 0 Å². The summed E-state index contributed by atoms with van der Waals surface area (Å²) in [6, 6.07) is 0.526. The summed E-state index contributed by atoms with van der Waals surface area (Å²) in [5.74, 6) is 1.83. The lowest BCUT2D eigenvalue weighted by molar-refractivity contribution is 0.228. The summed E-state index contributed by atoms with van der Waals surface area (Å²) in [6.07, 6.45) is 4.93. The summed E-state index contributed by atoms with van der Waals surface area (Å²) in [5.41, 5.74) is 0. The minimum Gasteiger partial charge on any atom is -0.313 e. The Bertz CT molecular complexity index is 287. The fraction of sp³-hybridized carbons (Fsp3) is 1.00. The topological polar surface area (TPSA) is 46.2 Å². The van der Waals surface area contributed by atoms with E-state index >= 15 is 0 Å². The Morgan fingerprint density at radius 2 is 1.87 bits per heavy atom. The Morgan fingerprint density at radius 3 is 2.40 bits per heavy atom. The van der Waals surface area contributed by atoms with Crippen LogP contribution in [0.4, 0.5) is 0 Å². The van der Waals surface area contributed by atoms with Crippen LogP contribution in [-0.4, -0.2) is 33.0 Å². The van der Waals surface area contributed by atoms with Crippen LogP contribution in [0.15, 0.2) is 0 Å². The third-order valence-corrected chi connectivity index (χ3v) is 4.45. The van der Waals surface area contributed by atoms with Crippen LogP contribution in [0.25, 0.3) is 0 Å². The molecule has 15 heavy (non-hydrogen) atoms. The molecule has 1 fully saturated rings. The summed E-state index contributed by atoms with van der Waals surface area (Å²) >= 11 is 0. The summed E-state index contributed by atoms with van der Waals surface area (Å²) in [5, 5.41) is 3.35. The van der Waals surface area contributed by atoms with Gasteiger partial charge in [0.1, 0.15) is 9.84 Å². The quantitative estimate of drug-likeness (QED) is 0.799. The van der Waals surface area contributed by atoms with E-state index in [2.05, 4.69) is 19.2 Å². The smallest absolute Gasteiger partial charge is 0.148 e. The first-order chi connectivity index (χ1) is 6.88. The maximum Gasteiger partial charge on any atom is 0.148 e. The Morgan fingerprint density at radius 1 is 1.20 bits per heavy atom. The second-order valence-electron chi connectivity index (χ2n) is 5.05. The molecule has 0 aliphatic heterocycles. The van der Waals surface area contributed by atoms with Gasteiger partial charge in [-0.25, -0.2) is 8.42 Å². The van der Waals surface area contributed by atoms with Crippen molar-refractivity contribution in [3.63, 3.8) is 0 Å². The average Bonchev–Trinajstić information content (AvgIpc) is 2.09. The molecule has 3 nitrogen and oxygen atoms in total. The van der Waals surface area contributed by atoms with E-state index in [1.807, 2.05) is 0 Å². The molecule has 3 unspecified atom stereocenters. The number of hydrogen-bond donors (Lipinski definition) is 1. The zero-order valence-corrected chi connectivity index (χ0v) is 10.8. The SMILES string of the molecule is CC1CCC(NCCS(C)(=O)=O)CC1C. The maximum atomic E-state index is 10.9. The molecule has 0 aromatic heterocycles. The van der Waals surface area contributed by atoms with Crippen molar-refractivity contribution in [2.75, 3.05) is 18.6 Å². The van der Waals surface area contributed by atoms with Gasteiger partial charge in [0.25, 0.3) is 0 Å². The minimum atomic E-state index is -2.81. The van der Waals surface area contributed by atoms with E-state index in [-0.39, 0.29) is 5.75 Å². The van der Waals surface area contributed by atoms with Gasteiger partial charge < -0.3 is 5.32 Å². The molecule has 4 heteroatoms. The molecule has 0 aromatic rings. The van der Waals surface area contributed by atoms with Crippen LogP contribution in [0.2, 0.25) is 0 Å². The fourth-order valence-corrected chi connectivity index (χ4v) is 2.67. The summed E-state index contributed by atoms with van der Waals surface area (Å²) < 4.78 is 21.9. The zero-order valence-electron chi connectivity index (χ0n) is 9.99. The molecule has 1 aliphatic carbocycles. The lowest BCUT2D eigenvalue weighted by Crippen LogP contribution is -2.38. The lowest BCUT2D eigenvalue weighted by Gasteiger charge is -2.32. The first-order valence-electron chi connectivity index (χ1n) is 5.79. The molecule has 0 radical (unpaired) electrons. The zero-order chi connectivity index (χ0) is 11.5. The third kappa shape index (κ3) is 4.98. The Balaban J connectivity index is 2.23. The lowest BCUT2D eigenvalue weighted by atomic mass is 9.79. The first kappa shape index (κ1) is 13.0. The van der Waals surface area contributed by atoms with Crippen LogP contribution in [0.3, 0.4) is 0 Å². The molecule has 1 rings (SSSR count). The average molecular weight is 233 g/mol. The summed E-state index contributed by atoms with van der Waals surface area (Å²) in [4.78, 5) is 0. The van der Waals surface area contributed by atoms with Crippen molar-refractivity contribution in [1.29, 1.82) is 0 Å². The second kappa shape index (κ2) is 5.30. The van der Waals surface area contributed by atoms with Crippen molar-refractivity contribution in [3.8, 4) is 0 Å². The van der Waals surface area contributed by atoms with E-state index in [1.54, 1.807) is 0 Å². The predicted octanol–water partition coefficient (Wildman–Crippen LogP) is 1.45. The molecule has 3 atom stereocenters. The first-order valence-corrected chi connectivity index (χ1v) is 7.85. The van der Waals surface area contributed by atoms with Gasteiger partial charge in [-0.1, -0.05) is 13.8 Å². The van der Waals surface area contributed by atoms with Crippen molar-refractivity contribution in [1.82, 2.24) is 5.32 Å². The van der Waals surface area contributed by atoms with Gasteiger partial charge in [-0.15, -0.1) is 0 Å². The van der Waals surface area contributed by atoms with E-state index in [0.29, 0.717) is 12.6 Å². The molecular formula is C11H23NO2S. The van der Waals surface area contributed by atoms with Crippen LogP contribution in [0.1, 0.15) is 33.1 Å². The second-order valence-corrected chi connectivity index (χ2v) is 7.31. The highest BCUT2D eigenvalue weighted by atomic mass is 32.2. The largest absolute Gasteiger partial charge is 0.313 e. The van der Waals surface area contributed by atoms with Gasteiger partial charge in [0, 0.05) is 18.8 Å². The molecule has 1 N–H and O–H groups in total. The highest BCUT2D eigenvalue weighted by molar-refractivity contribution is 7.90. The van der Waals surface area contributed by atoms with Gasteiger partial charge in [0.15, 0.2) is 0 Å². The monoisotopic (exact) mass is 233 g/mol. The van der Waals surface area contributed by atoms with Crippen molar-refractivity contribution in [2.45, 2.75) is 39.2 Å². The molecule has 0 amide bonds. The highest BCUT2D eigenvalue weighted by Crippen LogP contribution is 2.29. The Labute approximate surface area is 93.6 Å². The van der Waals surface area contributed by atoms with Gasteiger partial charge in [-0.05, 0) is 31.1 Å². The van der Waals surface area contributed by atoms with Gasteiger partial charge in [0.2, 0.25) is 0 Å². The molecule has 0 heterocycles. The van der Waals surface area contributed by atoms with E-state index in [0.717, 1.165) is 11.8 Å². The third-order valence-electron chi connectivity index (χ3n) is 3.50.